The molecule has 17 heavy (non-hydrogen) atoms. The van der Waals surface area contributed by atoms with Gasteiger partial charge in [-0.25, -0.2) is 4.98 Å². The number of carbonyl (C=O) groups excluding carboxylic acids is 1. The van der Waals surface area contributed by atoms with Gasteiger partial charge in [-0.1, -0.05) is 23.8 Å². The molecule has 1 atom stereocenters. The molecular formula is C12H12BrClN2O. The Morgan fingerprint density at radius 2 is 2.35 bits per heavy atom. The number of carbonyl (C=O) groups is 1. The number of halogens is 2. The van der Waals surface area contributed by atoms with Crippen LogP contribution in [0.15, 0.2) is 28.9 Å². The van der Waals surface area contributed by atoms with E-state index in [4.69, 9.17) is 11.6 Å². The van der Waals surface area contributed by atoms with Gasteiger partial charge in [0.1, 0.15) is 5.15 Å². The number of pyridine rings is 1. The van der Waals surface area contributed by atoms with E-state index in [1.54, 1.807) is 12.3 Å². The van der Waals surface area contributed by atoms with Crippen LogP contribution >= 0.6 is 27.5 Å². The normalized spacial score (nSPS) is 19.1. The lowest BCUT2D eigenvalue weighted by Crippen LogP contribution is -2.23. The van der Waals surface area contributed by atoms with Crippen molar-refractivity contribution in [3.8, 4) is 0 Å². The second-order valence-electron chi connectivity index (χ2n) is 3.97. The van der Waals surface area contributed by atoms with Crippen LogP contribution in [0, 0.1) is 5.92 Å². The Balaban J connectivity index is 2.02. The van der Waals surface area contributed by atoms with Gasteiger partial charge in [-0.2, -0.15) is 0 Å². The first-order chi connectivity index (χ1) is 8.16. The lowest BCUT2D eigenvalue weighted by atomic mass is 9.93. The number of allylic oxidation sites excluding steroid dienone is 2. The van der Waals surface area contributed by atoms with Crippen molar-refractivity contribution < 1.29 is 4.79 Å². The van der Waals surface area contributed by atoms with Crippen molar-refractivity contribution in [2.24, 2.45) is 5.92 Å². The third-order valence-electron chi connectivity index (χ3n) is 2.70. The molecule has 0 saturated heterocycles. The monoisotopic (exact) mass is 314 g/mol. The predicted molar refractivity (Wildman–Crippen MR) is 72.1 cm³/mol. The van der Waals surface area contributed by atoms with Crippen molar-refractivity contribution in [3.05, 3.63) is 34.0 Å². The molecule has 1 aromatic rings. The number of nitrogens with one attached hydrogen (secondary N) is 1. The highest BCUT2D eigenvalue weighted by molar-refractivity contribution is 9.10. The first-order valence-electron chi connectivity index (χ1n) is 5.43. The zero-order valence-electron chi connectivity index (χ0n) is 9.12. The number of nitrogens with zero attached hydrogens (tertiary/aromatic N) is 1. The fourth-order valence-corrected chi connectivity index (χ4v) is 2.22. The highest BCUT2D eigenvalue weighted by atomic mass is 79.9. The topological polar surface area (TPSA) is 42.0 Å². The minimum atomic E-state index is 0.0466. The van der Waals surface area contributed by atoms with Crippen molar-refractivity contribution in [1.29, 1.82) is 0 Å². The van der Waals surface area contributed by atoms with E-state index < -0.39 is 0 Å². The van der Waals surface area contributed by atoms with Crippen LogP contribution in [0.25, 0.3) is 0 Å². The maximum absolute atomic E-state index is 11.9. The number of hydrogen-bond donors (Lipinski definition) is 1. The Bertz CT molecular complexity index is 462. The summed E-state index contributed by atoms with van der Waals surface area (Å²) in [6.07, 6.45) is 8.43. The molecule has 0 fully saturated rings. The highest BCUT2D eigenvalue weighted by Gasteiger charge is 2.18. The molecule has 90 valence electrons. The van der Waals surface area contributed by atoms with E-state index in [2.05, 4.69) is 38.4 Å². The fourth-order valence-electron chi connectivity index (χ4n) is 1.77. The van der Waals surface area contributed by atoms with Gasteiger partial charge in [0.05, 0.1) is 16.4 Å². The zero-order chi connectivity index (χ0) is 12.3. The smallest absolute Gasteiger partial charge is 0.227 e. The van der Waals surface area contributed by atoms with Crippen LogP contribution in [-0.2, 0) is 4.79 Å². The molecule has 1 aromatic heterocycles. The third kappa shape index (κ3) is 3.30. The summed E-state index contributed by atoms with van der Waals surface area (Å²) in [5.41, 5.74) is 0.667. The van der Waals surface area contributed by atoms with Gasteiger partial charge < -0.3 is 5.32 Å². The molecule has 1 aliphatic carbocycles. The molecule has 1 amide bonds. The summed E-state index contributed by atoms with van der Waals surface area (Å²) in [6, 6.07) is 1.76. The first-order valence-corrected chi connectivity index (χ1v) is 6.61. The van der Waals surface area contributed by atoms with Crippen LogP contribution in [0.2, 0.25) is 5.15 Å². The first kappa shape index (κ1) is 12.6. The van der Waals surface area contributed by atoms with Gasteiger partial charge in [0.15, 0.2) is 0 Å². The zero-order valence-corrected chi connectivity index (χ0v) is 11.5. The van der Waals surface area contributed by atoms with E-state index in [0.29, 0.717) is 15.3 Å². The molecule has 2 rings (SSSR count). The van der Waals surface area contributed by atoms with E-state index in [-0.39, 0.29) is 11.8 Å². The Morgan fingerprint density at radius 3 is 3.00 bits per heavy atom. The summed E-state index contributed by atoms with van der Waals surface area (Å²) in [5.74, 6) is 0.111. The van der Waals surface area contributed by atoms with Crippen molar-refractivity contribution >= 4 is 39.1 Å². The summed E-state index contributed by atoms with van der Waals surface area (Å²) >= 11 is 9.06. The van der Waals surface area contributed by atoms with Gasteiger partial charge in [0.2, 0.25) is 5.91 Å². The molecule has 0 radical (unpaired) electrons. The van der Waals surface area contributed by atoms with E-state index in [0.717, 1.165) is 19.3 Å². The largest absolute Gasteiger partial charge is 0.324 e. The van der Waals surface area contributed by atoms with Crippen LogP contribution in [0.4, 0.5) is 5.69 Å². The molecule has 0 aromatic carbocycles. The van der Waals surface area contributed by atoms with Gasteiger partial charge in [-0.3, -0.25) is 4.79 Å². The van der Waals surface area contributed by atoms with Crippen LogP contribution in [0.1, 0.15) is 19.3 Å². The van der Waals surface area contributed by atoms with Gasteiger partial charge in [-0.15, -0.1) is 0 Å². The summed E-state index contributed by atoms with van der Waals surface area (Å²) in [7, 11) is 0. The molecule has 1 aliphatic rings. The highest BCUT2D eigenvalue weighted by Crippen LogP contribution is 2.24. The molecule has 0 spiro atoms. The number of anilines is 1. The fraction of sp³-hybridized carbons (Fsp3) is 0.333. The Labute approximate surface area is 113 Å². The lowest BCUT2D eigenvalue weighted by Gasteiger charge is -2.17. The lowest BCUT2D eigenvalue weighted by molar-refractivity contribution is -0.120. The molecular weight excluding hydrogens is 304 g/mol. The molecule has 0 bridgehead atoms. The molecule has 0 aliphatic heterocycles. The molecule has 1 unspecified atom stereocenters. The maximum atomic E-state index is 11.9. The summed E-state index contributed by atoms with van der Waals surface area (Å²) in [5, 5.41) is 3.25. The van der Waals surface area contributed by atoms with Gasteiger partial charge >= 0.3 is 0 Å². The van der Waals surface area contributed by atoms with E-state index >= 15 is 0 Å². The van der Waals surface area contributed by atoms with Gasteiger partial charge in [0, 0.05) is 5.92 Å². The summed E-state index contributed by atoms with van der Waals surface area (Å²) in [6.45, 7) is 0. The second kappa shape index (κ2) is 5.65. The SMILES string of the molecule is O=C(Nc1cnc(Cl)c(Br)c1)C1CC=CCC1. The predicted octanol–water partition coefficient (Wildman–Crippen LogP) is 3.79. The third-order valence-corrected chi connectivity index (χ3v) is 3.84. The number of hydrogen-bond acceptors (Lipinski definition) is 2. The van der Waals surface area contributed by atoms with Crippen LogP contribution in [0.3, 0.4) is 0 Å². The Morgan fingerprint density at radius 1 is 1.53 bits per heavy atom. The number of amides is 1. The number of aromatic nitrogens is 1. The van der Waals surface area contributed by atoms with Crippen LogP contribution in [-0.4, -0.2) is 10.9 Å². The molecule has 0 saturated carbocycles. The van der Waals surface area contributed by atoms with Gasteiger partial charge in [-0.05, 0) is 41.3 Å². The van der Waals surface area contributed by atoms with Gasteiger partial charge in [0.25, 0.3) is 0 Å². The Kier molecular flexibility index (Phi) is 4.18. The Hall–Kier alpha value is -0.870. The van der Waals surface area contributed by atoms with Crippen molar-refractivity contribution in [2.75, 3.05) is 5.32 Å². The van der Waals surface area contributed by atoms with E-state index in [9.17, 15) is 4.79 Å². The van der Waals surface area contributed by atoms with Crippen LogP contribution in [0.5, 0.6) is 0 Å². The molecule has 3 nitrogen and oxygen atoms in total. The average molecular weight is 316 g/mol. The van der Waals surface area contributed by atoms with Crippen molar-refractivity contribution in [2.45, 2.75) is 19.3 Å². The van der Waals surface area contributed by atoms with Crippen LogP contribution < -0.4 is 5.32 Å². The second-order valence-corrected chi connectivity index (χ2v) is 5.18. The molecule has 1 heterocycles. The summed E-state index contributed by atoms with van der Waals surface area (Å²) < 4.78 is 0.681. The minimum absolute atomic E-state index is 0.0466. The van der Waals surface area contributed by atoms with E-state index in [1.165, 1.54) is 0 Å². The average Bonchev–Trinajstić information content (AvgIpc) is 2.35. The minimum Gasteiger partial charge on any atom is -0.324 e. The van der Waals surface area contributed by atoms with Crippen molar-refractivity contribution in [1.82, 2.24) is 4.98 Å². The number of rotatable bonds is 2. The van der Waals surface area contributed by atoms with E-state index in [1.807, 2.05) is 0 Å². The standard InChI is InChI=1S/C12H12BrClN2O/c13-10-6-9(7-15-11(10)14)16-12(17)8-4-2-1-3-5-8/h1-2,6-8H,3-5H2,(H,16,17). The molecule has 1 N–H and O–H groups in total. The summed E-state index contributed by atoms with van der Waals surface area (Å²) in [4.78, 5) is 15.9. The maximum Gasteiger partial charge on any atom is 0.227 e. The van der Waals surface area contributed by atoms with Crippen molar-refractivity contribution in [3.63, 3.8) is 0 Å². The quantitative estimate of drug-likeness (QED) is 0.666. The molecule has 5 heteroatoms.